The summed E-state index contributed by atoms with van der Waals surface area (Å²) < 4.78 is 0. The number of nitrogens with two attached hydrogens (primary N) is 1. The summed E-state index contributed by atoms with van der Waals surface area (Å²) in [5.74, 6) is 0.727. The van der Waals surface area contributed by atoms with E-state index in [1.165, 1.54) is 23.8 Å². The van der Waals surface area contributed by atoms with Crippen molar-refractivity contribution in [2.24, 2.45) is 10.7 Å². The number of benzene rings is 2. The minimum Gasteiger partial charge on any atom is -0.383 e. The Labute approximate surface area is 112 Å². The zero-order chi connectivity index (χ0) is 13.4. The van der Waals surface area contributed by atoms with E-state index < -0.39 is 0 Å². The number of rotatable bonds is 3. The monoisotopic (exact) mass is 251 g/mol. The molecule has 2 aromatic carbocycles. The Morgan fingerprint density at radius 1 is 1.11 bits per heavy atom. The van der Waals surface area contributed by atoms with E-state index in [4.69, 9.17) is 11.1 Å². The van der Waals surface area contributed by atoms with Gasteiger partial charge in [-0.05, 0) is 41.3 Å². The number of amidine groups is 2. The molecule has 1 aliphatic heterocycles. The minimum atomic E-state index is 0.272. The fourth-order valence-corrected chi connectivity index (χ4v) is 2.53. The molecular weight excluding hydrogens is 234 g/mol. The first-order chi connectivity index (χ1) is 9.19. The van der Waals surface area contributed by atoms with Gasteiger partial charge in [0.25, 0.3) is 0 Å². The quantitative estimate of drug-likeness (QED) is 0.864. The molecule has 1 heterocycles. The second-order valence-corrected chi connectivity index (χ2v) is 5.03. The third-order valence-electron chi connectivity index (χ3n) is 3.62. The van der Waals surface area contributed by atoms with Gasteiger partial charge in [-0.25, -0.2) is 4.99 Å². The maximum absolute atomic E-state index is 7.83. The maximum Gasteiger partial charge on any atom is 0.154 e. The van der Waals surface area contributed by atoms with Gasteiger partial charge in [0.1, 0.15) is 5.84 Å². The lowest BCUT2D eigenvalue weighted by atomic mass is 9.98. The van der Waals surface area contributed by atoms with E-state index in [1.807, 2.05) is 12.1 Å². The fourth-order valence-electron chi connectivity index (χ4n) is 2.53. The molecule has 3 N–H and O–H groups in total. The molecule has 3 nitrogen and oxygen atoms in total. The molecule has 0 amide bonds. The summed E-state index contributed by atoms with van der Waals surface area (Å²) in [6.07, 6.45) is 3.53. The third-order valence-corrected chi connectivity index (χ3v) is 3.62. The van der Waals surface area contributed by atoms with Crippen LogP contribution in [0, 0.1) is 5.41 Å². The molecule has 0 saturated carbocycles. The highest BCUT2D eigenvalue weighted by Gasteiger charge is 2.18. The molecule has 0 spiro atoms. The van der Waals surface area contributed by atoms with E-state index in [2.05, 4.69) is 30.1 Å². The number of nitrogens with one attached hydrogen (secondary N) is 1. The van der Waals surface area contributed by atoms with Crippen molar-refractivity contribution in [2.45, 2.75) is 26.2 Å². The van der Waals surface area contributed by atoms with E-state index >= 15 is 0 Å². The average Bonchev–Trinajstić information content (AvgIpc) is 2.69. The first-order valence-corrected chi connectivity index (χ1v) is 6.69. The van der Waals surface area contributed by atoms with Gasteiger partial charge >= 0.3 is 0 Å². The standard InChI is InChI=1S/C16H17N3/c1-2-3-4-10-5-6-11-8-13-14(9-12(11)7-10)16(18)19-15(13)17/h5-9H,2-4H2,1H3,(H3,17,18,19). The number of fused-ring (bicyclic) bond motifs is 2. The highest BCUT2D eigenvalue weighted by atomic mass is 14.9. The van der Waals surface area contributed by atoms with Crippen LogP contribution >= 0.6 is 0 Å². The lowest BCUT2D eigenvalue weighted by Gasteiger charge is -2.06. The topological polar surface area (TPSA) is 62.2 Å². The van der Waals surface area contributed by atoms with Gasteiger partial charge < -0.3 is 5.73 Å². The van der Waals surface area contributed by atoms with Crippen molar-refractivity contribution in [3.05, 3.63) is 47.0 Å². The predicted octanol–water partition coefficient (Wildman–Crippen LogP) is 3.23. The van der Waals surface area contributed by atoms with Crippen LogP contribution in [0.25, 0.3) is 10.8 Å². The molecule has 19 heavy (non-hydrogen) atoms. The highest BCUT2D eigenvalue weighted by molar-refractivity contribution is 6.22. The van der Waals surface area contributed by atoms with Crippen molar-refractivity contribution in [2.75, 3.05) is 0 Å². The number of hydrogen-bond donors (Lipinski definition) is 2. The molecule has 1 aliphatic rings. The normalized spacial score (nSPS) is 13.7. The molecule has 2 aromatic rings. The zero-order valence-corrected chi connectivity index (χ0v) is 11.0. The lowest BCUT2D eigenvalue weighted by molar-refractivity contribution is 0.796. The largest absolute Gasteiger partial charge is 0.383 e. The third kappa shape index (κ3) is 2.01. The van der Waals surface area contributed by atoms with Gasteiger partial charge in [0, 0.05) is 11.1 Å². The molecule has 0 radical (unpaired) electrons. The van der Waals surface area contributed by atoms with Crippen LogP contribution in [0.15, 0.2) is 35.3 Å². The van der Waals surface area contributed by atoms with E-state index in [0.29, 0.717) is 5.84 Å². The van der Waals surface area contributed by atoms with Crippen molar-refractivity contribution in [1.82, 2.24) is 0 Å². The molecule has 0 aliphatic carbocycles. The van der Waals surface area contributed by atoms with Crippen LogP contribution in [0.3, 0.4) is 0 Å². The molecule has 96 valence electrons. The van der Waals surface area contributed by atoms with Gasteiger partial charge in [0.15, 0.2) is 5.84 Å². The van der Waals surface area contributed by atoms with Gasteiger partial charge in [-0.15, -0.1) is 0 Å². The van der Waals surface area contributed by atoms with E-state index in [9.17, 15) is 0 Å². The smallest absolute Gasteiger partial charge is 0.154 e. The van der Waals surface area contributed by atoms with Gasteiger partial charge in [0.2, 0.25) is 0 Å². The lowest BCUT2D eigenvalue weighted by Crippen LogP contribution is -2.10. The number of aryl methyl sites for hydroxylation is 1. The Hall–Kier alpha value is -2.16. The number of nitrogens with zero attached hydrogens (tertiary/aromatic N) is 1. The van der Waals surface area contributed by atoms with Gasteiger partial charge in [-0.3, -0.25) is 5.41 Å². The highest BCUT2D eigenvalue weighted by Crippen LogP contribution is 2.25. The van der Waals surface area contributed by atoms with Crippen LogP contribution in [0.5, 0.6) is 0 Å². The van der Waals surface area contributed by atoms with E-state index in [0.717, 1.165) is 22.9 Å². The molecule has 0 bridgehead atoms. The SMILES string of the molecule is CCCCc1ccc2cc3c(cc2c1)C(=N)N=C3N. The summed E-state index contributed by atoms with van der Waals surface area (Å²) in [7, 11) is 0. The van der Waals surface area contributed by atoms with Gasteiger partial charge in [-0.2, -0.15) is 0 Å². The Kier molecular flexibility index (Phi) is 2.82. The number of aliphatic imine (C=N–C) groups is 1. The number of hydrogen-bond acceptors (Lipinski definition) is 2. The van der Waals surface area contributed by atoms with Crippen molar-refractivity contribution in [3.8, 4) is 0 Å². The summed E-state index contributed by atoms with van der Waals surface area (Å²) >= 11 is 0. The molecule has 0 fully saturated rings. The van der Waals surface area contributed by atoms with E-state index in [1.54, 1.807) is 0 Å². The molecule has 0 atom stereocenters. The van der Waals surface area contributed by atoms with Crippen molar-refractivity contribution in [1.29, 1.82) is 5.41 Å². The molecular formula is C16H17N3. The van der Waals surface area contributed by atoms with Crippen LogP contribution in [0.2, 0.25) is 0 Å². The Balaban J connectivity index is 2.09. The summed E-state index contributed by atoms with van der Waals surface area (Å²) in [5.41, 5.74) is 8.92. The summed E-state index contributed by atoms with van der Waals surface area (Å²) in [5, 5.41) is 10.2. The second-order valence-electron chi connectivity index (χ2n) is 5.03. The summed E-state index contributed by atoms with van der Waals surface area (Å²) in [4.78, 5) is 4.03. The van der Waals surface area contributed by atoms with Crippen LogP contribution in [-0.4, -0.2) is 11.7 Å². The Morgan fingerprint density at radius 2 is 1.89 bits per heavy atom. The van der Waals surface area contributed by atoms with Crippen LogP contribution in [-0.2, 0) is 6.42 Å². The van der Waals surface area contributed by atoms with Crippen LogP contribution in [0.1, 0.15) is 36.5 Å². The van der Waals surface area contributed by atoms with E-state index in [-0.39, 0.29) is 5.84 Å². The van der Waals surface area contributed by atoms with Crippen molar-refractivity contribution in [3.63, 3.8) is 0 Å². The van der Waals surface area contributed by atoms with Crippen LogP contribution < -0.4 is 5.73 Å². The maximum atomic E-state index is 7.83. The summed E-state index contributed by atoms with van der Waals surface area (Å²) in [6, 6.07) is 10.6. The van der Waals surface area contributed by atoms with Crippen molar-refractivity contribution >= 4 is 22.4 Å². The number of unbranched alkanes of at least 4 members (excludes halogenated alkanes) is 1. The van der Waals surface area contributed by atoms with Crippen molar-refractivity contribution < 1.29 is 0 Å². The predicted molar refractivity (Wildman–Crippen MR) is 80.1 cm³/mol. The molecule has 0 unspecified atom stereocenters. The minimum absolute atomic E-state index is 0.272. The fraction of sp³-hybridized carbons (Fsp3) is 0.250. The molecule has 3 heteroatoms. The molecule has 0 aromatic heterocycles. The first kappa shape index (κ1) is 11.9. The first-order valence-electron chi connectivity index (χ1n) is 6.69. The molecule has 3 rings (SSSR count). The second kappa shape index (κ2) is 4.50. The Bertz CT molecular complexity index is 698. The van der Waals surface area contributed by atoms with Gasteiger partial charge in [0.05, 0.1) is 0 Å². The Morgan fingerprint density at radius 3 is 2.68 bits per heavy atom. The van der Waals surface area contributed by atoms with Crippen LogP contribution in [0.4, 0.5) is 0 Å². The average molecular weight is 251 g/mol. The molecule has 0 saturated heterocycles. The van der Waals surface area contributed by atoms with Gasteiger partial charge in [-0.1, -0.05) is 31.5 Å². The zero-order valence-electron chi connectivity index (χ0n) is 11.0. The summed E-state index contributed by atoms with van der Waals surface area (Å²) in [6.45, 7) is 2.20.